The van der Waals surface area contributed by atoms with E-state index in [1.165, 1.54) is 31.4 Å². The summed E-state index contributed by atoms with van der Waals surface area (Å²) < 4.78 is 136. The van der Waals surface area contributed by atoms with Crippen LogP contribution in [0.4, 0.5) is 23.0 Å². The van der Waals surface area contributed by atoms with Gasteiger partial charge in [-0.15, -0.1) is 0 Å². The Morgan fingerprint density at radius 2 is 1.31 bits per heavy atom. The van der Waals surface area contributed by atoms with Gasteiger partial charge in [-0.1, -0.05) is 35.7 Å². The van der Waals surface area contributed by atoms with Gasteiger partial charge in [-0.2, -0.15) is 58.9 Å². The predicted molar refractivity (Wildman–Crippen MR) is 192 cm³/mol. The van der Waals surface area contributed by atoms with Crippen LogP contribution >= 0.6 is 23.5 Å². The first kappa shape index (κ1) is 41.2. The molecule has 52 heavy (non-hydrogen) atoms. The van der Waals surface area contributed by atoms with Gasteiger partial charge in [0.25, 0.3) is 40.5 Å². The molecule has 0 radical (unpaired) electrons. The molecule has 0 amide bonds. The molecular formula is C27H30N6O13S6. The van der Waals surface area contributed by atoms with Crippen LogP contribution in [0.2, 0.25) is 0 Å². The summed E-state index contributed by atoms with van der Waals surface area (Å²) in [7, 11) is -16.7. The lowest BCUT2D eigenvalue weighted by atomic mass is 10.1. The average Bonchev–Trinajstić information content (AvgIpc) is 3.02. The first-order valence-electron chi connectivity index (χ1n) is 14.4. The number of methoxy groups -OCH3 is 1. The summed E-state index contributed by atoms with van der Waals surface area (Å²) in [5.74, 6) is -0.268. The third kappa shape index (κ3) is 12.0. The van der Waals surface area contributed by atoms with Crippen LogP contribution in [0.5, 0.6) is 5.75 Å². The van der Waals surface area contributed by atoms with Crippen LogP contribution in [0.25, 0.3) is 10.8 Å². The molecule has 1 aromatic heterocycles. The van der Waals surface area contributed by atoms with E-state index in [2.05, 4.69) is 30.5 Å². The third-order valence-electron chi connectivity index (χ3n) is 6.65. The van der Waals surface area contributed by atoms with Gasteiger partial charge in [-0.3, -0.25) is 18.2 Å². The molecule has 0 saturated heterocycles. The van der Waals surface area contributed by atoms with Gasteiger partial charge in [0.05, 0.1) is 35.7 Å². The van der Waals surface area contributed by atoms with Crippen molar-refractivity contribution in [2.75, 3.05) is 35.4 Å². The second-order valence-corrected chi connectivity index (χ2v) is 18.7. The highest BCUT2D eigenvalue weighted by atomic mass is 32.2. The minimum atomic E-state index is -4.88. The van der Waals surface area contributed by atoms with E-state index in [1.54, 1.807) is 13.0 Å². The highest BCUT2D eigenvalue weighted by Gasteiger charge is 2.21. The maximum atomic E-state index is 12.2. The number of azo groups is 1. The molecule has 0 atom stereocenters. The number of benzene rings is 3. The Morgan fingerprint density at radius 1 is 0.731 bits per heavy atom. The Balaban J connectivity index is 1.66. The van der Waals surface area contributed by atoms with Crippen molar-refractivity contribution in [3.63, 3.8) is 0 Å². The number of fused-ring (bicyclic) bond motifs is 1. The zero-order chi connectivity index (χ0) is 38.5. The van der Waals surface area contributed by atoms with E-state index >= 15 is 0 Å². The number of aryl methyl sites for hydroxylation is 1. The van der Waals surface area contributed by atoms with Crippen LogP contribution in [0.1, 0.15) is 18.4 Å². The summed E-state index contributed by atoms with van der Waals surface area (Å²) in [4.78, 5) is 11.7. The molecule has 0 unspecified atom stereocenters. The number of thioether (sulfide) groups is 2. The second kappa shape index (κ2) is 16.6. The Bertz CT molecular complexity index is 2410. The molecule has 3 aromatic carbocycles. The standard InChI is InChI=1S/C27H30N6O13S6/c1-16-12-21(28-25-29-26(47-8-4-10-49(34,35)36)31-27(30-25)48-9-5-11-50(37,38)39)22(46-2)15-20(16)33-32-17-13-19-18(24(14-17)52(43,44)45)6-3-7-23(19)51(40,41)42/h3,6-7,12-15H,4-5,8-11H2,1-2H3,(H,34,35,36)(H,37,38,39)(H,40,41,42)(H,43,44,45)(H,28,29,30,31)/b33-32+. The van der Waals surface area contributed by atoms with Gasteiger partial charge in [0.15, 0.2) is 10.3 Å². The summed E-state index contributed by atoms with van der Waals surface area (Å²) in [5.41, 5.74) is 0.882. The number of hydrogen-bond acceptors (Lipinski definition) is 17. The highest BCUT2D eigenvalue weighted by Crippen LogP contribution is 2.37. The number of ether oxygens (including phenoxy) is 1. The van der Waals surface area contributed by atoms with Crippen molar-refractivity contribution in [2.45, 2.75) is 39.9 Å². The molecule has 0 spiro atoms. The molecule has 4 rings (SSSR count). The number of hydrogen-bond donors (Lipinski definition) is 5. The molecule has 1 heterocycles. The fraction of sp³-hybridized carbons (Fsp3) is 0.296. The van der Waals surface area contributed by atoms with Gasteiger partial charge >= 0.3 is 0 Å². The maximum absolute atomic E-state index is 12.2. The average molecular weight is 839 g/mol. The predicted octanol–water partition coefficient (Wildman–Crippen LogP) is 4.73. The topological polar surface area (TPSA) is 302 Å². The van der Waals surface area contributed by atoms with E-state index in [1.807, 2.05) is 0 Å². The molecular weight excluding hydrogens is 809 g/mol. The lowest BCUT2D eigenvalue weighted by Gasteiger charge is -2.13. The van der Waals surface area contributed by atoms with Crippen LogP contribution in [0.3, 0.4) is 0 Å². The Morgan fingerprint density at radius 3 is 1.83 bits per heavy atom. The molecule has 5 N–H and O–H groups in total. The van der Waals surface area contributed by atoms with Crippen LogP contribution in [-0.2, 0) is 40.5 Å². The smallest absolute Gasteiger partial charge is 0.295 e. The molecule has 0 aliphatic carbocycles. The normalized spacial score (nSPS) is 12.8. The van der Waals surface area contributed by atoms with E-state index in [0.29, 0.717) is 11.3 Å². The van der Waals surface area contributed by atoms with Crippen molar-refractivity contribution in [3.8, 4) is 5.75 Å². The minimum Gasteiger partial charge on any atom is -0.494 e. The van der Waals surface area contributed by atoms with E-state index in [0.717, 1.165) is 35.7 Å². The van der Waals surface area contributed by atoms with Crippen molar-refractivity contribution in [1.29, 1.82) is 0 Å². The number of nitrogens with zero attached hydrogens (tertiary/aromatic N) is 5. The summed E-state index contributed by atoms with van der Waals surface area (Å²) >= 11 is 2.16. The van der Waals surface area contributed by atoms with E-state index in [4.69, 9.17) is 13.8 Å². The number of aromatic nitrogens is 3. The van der Waals surface area contributed by atoms with E-state index in [-0.39, 0.29) is 68.5 Å². The Kier molecular flexibility index (Phi) is 13.2. The molecule has 25 heteroatoms. The largest absolute Gasteiger partial charge is 0.494 e. The fourth-order valence-corrected chi connectivity index (χ4v) is 8.83. The van der Waals surface area contributed by atoms with Gasteiger partial charge in [0.1, 0.15) is 15.5 Å². The third-order valence-corrected chi connectivity index (χ3v) is 11.9. The lowest BCUT2D eigenvalue weighted by molar-refractivity contribution is 0.417. The molecule has 0 aliphatic heterocycles. The first-order valence-corrected chi connectivity index (χ1v) is 22.5. The number of anilines is 2. The first-order chi connectivity index (χ1) is 24.1. The molecule has 19 nitrogen and oxygen atoms in total. The molecule has 0 saturated carbocycles. The molecule has 282 valence electrons. The van der Waals surface area contributed by atoms with Gasteiger partial charge in [-0.25, -0.2) is 0 Å². The summed E-state index contributed by atoms with van der Waals surface area (Å²) in [5, 5.41) is 11.2. The molecule has 4 aromatic rings. The monoisotopic (exact) mass is 838 g/mol. The van der Waals surface area contributed by atoms with E-state index < -0.39 is 61.8 Å². The van der Waals surface area contributed by atoms with Crippen molar-refractivity contribution < 1.29 is 56.6 Å². The minimum absolute atomic E-state index is 0.0279. The summed E-state index contributed by atoms with van der Waals surface area (Å²) in [6, 6.07) is 8.72. The van der Waals surface area contributed by atoms with Gasteiger partial charge in [0, 0.05) is 28.3 Å². The molecule has 0 aliphatic rings. The Hall–Kier alpha value is -3.53. The SMILES string of the molecule is COc1cc(/N=N/c2cc(S(=O)(=O)O)c3cccc(S(=O)(=O)O)c3c2)c(C)cc1Nc1nc(SCCCS(=O)(=O)O)nc(SCCCS(=O)(=O)O)n1. The quantitative estimate of drug-likeness (QED) is 0.0415. The van der Waals surface area contributed by atoms with Crippen LogP contribution in [0, 0.1) is 6.92 Å². The van der Waals surface area contributed by atoms with Gasteiger partial charge < -0.3 is 10.1 Å². The van der Waals surface area contributed by atoms with Crippen molar-refractivity contribution in [2.24, 2.45) is 10.2 Å². The number of nitrogens with one attached hydrogen (secondary N) is 1. The highest BCUT2D eigenvalue weighted by molar-refractivity contribution is 7.99. The molecule has 0 bridgehead atoms. The Labute approximate surface area is 307 Å². The molecule has 0 fully saturated rings. The zero-order valence-electron chi connectivity index (χ0n) is 26.9. The second-order valence-electron chi connectivity index (χ2n) is 10.6. The van der Waals surface area contributed by atoms with E-state index in [9.17, 15) is 42.8 Å². The zero-order valence-corrected chi connectivity index (χ0v) is 31.8. The van der Waals surface area contributed by atoms with Crippen LogP contribution < -0.4 is 10.1 Å². The van der Waals surface area contributed by atoms with Gasteiger partial charge in [0.2, 0.25) is 5.95 Å². The fourth-order valence-electron chi connectivity index (χ4n) is 4.42. The summed E-state index contributed by atoms with van der Waals surface area (Å²) in [6.07, 6.45) is 0.186. The van der Waals surface area contributed by atoms with Crippen molar-refractivity contribution in [1.82, 2.24) is 15.0 Å². The number of rotatable bonds is 17. The lowest BCUT2D eigenvalue weighted by Crippen LogP contribution is -2.07. The van der Waals surface area contributed by atoms with Crippen molar-refractivity contribution >= 4 is 97.8 Å². The van der Waals surface area contributed by atoms with Crippen LogP contribution in [-0.4, -0.2) is 97.0 Å². The van der Waals surface area contributed by atoms with Crippen molar-refractivity contribution in [3.05, 3.63) is 48.0 Å². The van der Waals surface area contributed by atoms with Crippen LogP contribution in [0.15, 0.2) is 72.8 Å². The van der Waals surface area contributed by atoms with Gasteiger partial charge in [-0.05, 0) is 49.6 Å². The maximum Gasteiger partial charge on any atom is 0.295 e. The summed E-state index contributed by atoms with van der Waals surface area (Å²) in [6.45, 7) is 1.65.